The average Bonchev–Trinajstić information content (AvgIpc) is 2.68. The third kappa shape index (κ3) is 6.07. The lowest BCUT2D eigenvalue weighted by Crippen LogP contribution is -2.30. The third-order valence-electron chi connectivity index (χ3n) is 4.29. The minimum absolute atomic E-state index is 0.0296. The number of hydrogen-bond donors (Lipinski definition) is 1. The molecule has 0 spiro atoms. The second kappa shape index (κ2) is 10.5. The molecule has 3 nitrogen and oxygen atoms in total. The van der Waals surface area contributed by atoms with E-state index in [1.165, 1.54) is 32.1 Å². The standard InChI is InChI=1S/C15H21NO2.C6H6/c1-18-14-10-6-5-9-13(14)15(17)16-11-12-7-3-2-4-8-12;1-2-4-6-5-3-1/h5-6,9-10,12H,2-4,7-8,11H2,1H3,(H,16,17);1-6H. The summed E-state index contributed by atoms with van der Waals surface area (Å²) in [6.45, 7) is 0.789. The zero-order valence-corrected chi connectivity index (χ0v) is 14.4. The van der Waals surface area contributed by atoms with Gasteiger partial charge in [0.15, 0.2) is 0 Å². The summed E-state index contributed by atoms with van der Waals surface area (Å²) < 4.78 is 5.20. The molecule has 0 saturated heterocycles. The minimum Gasteiger partial charge on any atom is -0.496 e. The Morgan fingerprint density at radius 2 is 1.54 bits per heavy atom. The SMILES string of the molecule is COc1ccccc1C(=O)NCC1CCCCC1.c1ccccc1. The molecule has 0 bridgehead atoms. The number of benzene rings is 2. The van der Waals surface area contributed by atoms with Gasteiger partial charge in [0.2, 0.25) is 0 Å². The Morgan fingerprint density at radius 1 is 0.958 bits per heavy atom. The van der Waals surface area contributed by atoms with Crippen LogP contribution in [0.15, 0.2) is 60.7 Å². The highest BCUT2D eigenvalue weighted by Gasteiger charge is 2.16. The first-order valence-corrected chi connectivity index (χ1v) is 8.72. The molecule has 3 heteroatoms. The van der Waals surface area contributed by atoms with Crippen LogP contribution in [-0.2, 0) is 0 Å². The number of carbonyl (C=O) groups is 1. The van der Waals surface area contributed by atoms with Crippen molar-refractivity contribution in [2.75, 3.05) is 13.7 Å². The minimum atomic E-state index is -0.0296. The largest absolute Gasteiger partial charge is 0.496 e. The van der Waals surface area contributed by atoms with Crippen LogP contribution in [0.1, 0.15) is 42.5 Å². The molecule has 1 aliphatic rings. The summed E-state index contributed by atoms with van der Waals surface area (Å²) in [6.07, 6.45) is 6.43. The van der Waals surface area contributed by atoms with Crippen LogP contribution in [0.5, 0.6) is 5.75 Å². The Kier molecular flexibility index (Phi) is 7.88. The van der Waals surface area contributed by atoms with Gasteiger partial charge in [-0.25, -0.2) is 0 Å². The normalized spacial score (nSPS) is 14.2. The number of methoxy groups -OCH3 is 1. The summed E-state index contributed by atoms with van der Waals surface area (Å²) in [6, 6.07) is 19.3. The Morgan fingerprint density at radius 3 is 2.12 bits per heavy atom. The van der Waals surface area contributed by atoms with Crippen molar-refractivity contribution in [2.45, 2.75) is 32.1 Å². The molecule has 0 aromatic heterocycles. The molecule has 1 fully saturated rings. The maximum absolute atomic E-state index is 12.1. The molecule has 1 saturated carbocycles. The number of amides is 1. The fourth-order valence-corrected chi connectivity index (χ4v) is 2.94. The first-order chi connectivity index (χ1) is 11.8. The van der Waals surface area contributed by atoms with Crippen LogP contribution in [0.2, 0.25) is 0 Å². The van der Waals surface area contributed by atoms with Gasteiger partial charge >= 0.3 is 0 Å². The van der Waals surface area contributed by atoms with E-state index >= 15 is 0 Å². The van der Waals surface area contributed by atoms with Crippen LogP contribution >= 0.6 is 0 Å². The van der Waals surface area contributed by atoms with Crippen molar-refractivity contribution in [3.8, 4) is 5.75 Å². The lowest BCUT2D eigenvalue weighted by molar-refractivity contribution is 0.0940. The van der Waals surface area contributed by atoms with E-state index < -0.39 is 0 Å². The molecule has 1 N–H and O–H groups in total. The fraction of sp³-hybridized carbons (Fsp3) is 0.381. The van der Waals surface area contributed by atoms with Crippen molar-refractivity contribution in [3.05, 3.63) is 66.2 Å². The van der Waals surface area contributed by atoms with E-state index in [0.717, 1.165) is 6.54 Å². The average molecular weight is 325 g/mol. The summed E-state index contributed by atoms with van der Waals surface area (Å²) >= 11 is 0. The second-order valence-electron chi connectivity index (χ2n) is 6.07. The maximum Gasteiger partial charge on any atom is 0.255 e. The van der Waals surface area contributed by atoms with Gasteiger partial charge in [-0.3, -0.25) is 4.79 Å². The maximum atomic E-state index is 12.1. The van der Waals surface area contributed by atoms with Crippen LogP contribution in [-0.4, -0.2) is 19.6 Å². The van der Waals surface area contributed by atoms with Crippen molar-refractivity contribution < 1.29 is 9.53 Å². The van der Waals surface area contributed by atoms with E-state index in [0.29, 0.717) is 17.2 Å². The van der Waals surface area contributed by atoms with E-state index in [1.807, 2.05) is 54.6 Å². The Hall–Kier alpha value is -2.29. The predicted molar refractivity (Wildman–Crippen MR) is 98.3 cm³/mol. The molecule has 128 valence electrons. The Bertz CT molecular complexity index is 565. The van der Waals surface area contributed by atoms with Gasteiger partial charge in [0.05, 0.1) is 12.7 Å². The fourth-order valence-electron chi connectivity index (χ4n) is 2.94. The number of nitrogens with one attached hydrogen (secondary N) is 1. The van der Waals surface area contributed by atoms with Crippen molar-refractivity contribution in [2.24, 2.45) is 5.92 Å². The number of rotatable bonds is 4. The zero-order chi connectivity index (χ0) is 17.0. The smallest absolute Gasteiger partial charge is 0.255 e. The van der Waals surface area contributed by atoms with E-state index in [1.54, 1.807) is 13.2 Å². The van der Waals surface area contributed by atoms with Gasteiger partial charge in [0, 0.05) is 6.54 Å². The summed E-state index contributed by atoms with van der Waals surface area (Å²) in [7, 11) is 1.59. The van der Waals surface area contributed by atoms with Gasteiger partial charge in [-0.2, -0.15) is 0 Å². The number of para-hydroxylation sites is 1. The molecule has 1 aliphatic carbocycles. The van der Waals surface area contributed by atoms with Gasteiger partial charge in [-0.05, 0) is 30.9 Å². The Balaban J connectivity index is 0.000000292. The van der Waals surface area contributed by atoms with Crippen LogP contribution in [0.4, 0.5) is 0 Å². The van der Waals surface area contributed by atoms with E-state index in [9.17, 15) is 4.79 Å². The van der Waals surface area contributed by atoms with Gasteiger partial charge in [0.25, 0.3) is 5.91 Å². The van der Waals surface area contributed by atoms with Gasteiger partial charge in [0.1, 0.15) is 5.75 Å². The number of hydrogen-bond acceptors (Lipinski definition) is 2. The second-order valence-corrected chi connectivity index (χ2v) is 6.07. The third-order valence-corrected chi connectivity index (χ3v) is 4.29. The van der Waals surface area contributed by atoms with Gasteiger partial charge < -0.3 is 10.1 Å². The van der Waals surface area contributed by atoms with Crippen LogP contribution in [0.3, 0.4) is 0 Å². The molecule has 2 aromatic carbocycles. The molecule has 3 rings (SSSR count). The predicted octanol–water partition coefficient (Wildman–Crippen LogP) is 4.69. The van der Waals surface area contributed by atoms with Crippen LogP contribution < -0.4 is 10.1 Å². The molecular weight excluding hydrogens is 298 g/mol. The van der Waals surface area contributed by atoms with Crippen molar-refractivity contribution >= 4 is 5.91 Å². The monoisotopic (exact) mass is 325 g/mol. The van der Waals surface area contributed by atoms with E-state index in [-0.39, 0.29) is 5.91 Å². The van der Waals surface area contributed by atoms with Crippen LogP contribution in [0.25, 0.3) is 0 Å². The molecule has 2 aromatic rings. The molecule has 24 heavy (non-hydrogen) atoms. The lowest BCUT2D eigenvalue weighted by Gasteiger charge is -2.21. The number of ether oxygens (including phenoxy) is 1. The summed E-state index contributed by atoms with van der Waals surface area (Å²) in [5.41, 5.74) is 0.621. The highest BCUT2D eigenvalue weighted by atomic mass is 16.5. The lowest BCUT2D eigenvalue weighted by atomic mass is 9.89. The summed E-state index contributed by atoms with van der Waals surface area (Å²) in [5, 5.41) is 3.02. The summed E-state index contributed by atoms with van der Waals surface area (Å²) in [5.74, 6) is 1.26. The first kappa shape index (κ1) is 18.1. The van der Waals surface area contributed by atoms with Crippen molar-refractivity contribution in [1.29, 1.82) is 0 Å². The molecule has 1 amide bonds. The van der Waals surface area contributed by atoms with Crippen molar-refractivity contribution in [3.63, 3.8) is 0 Å². The van der Waals surface area contributed by atoms with Crippen molar-refractivity contribution in [1.82, 2.24) is 5.32 Å². The molecule has 0 radical (unpaired) electrons. The topological polar surface area (TPSA) is 38.3 Å². The first-order valence-electron chi connectivity index (χ1n) is 8.72. The molecule has 0 aliphatic heterocycles. The molecular formula is C21H27NO2. The quantitative estimate of drug-likeness (QED) is 0.885. The summed E-state index contributed by atoms with van der Waals surface area (Å²) in [4.78, 5) is 12.1. The Labute approximate surface area is 145 Å². The van der Waals surface area contributed by atoms with Crippen LogP contribution in [0, 0.1) is 5.92 Å². The molecule has 0 heterocycles. The van der Waals surface area contributed by atoms with E-state index in [4.69, 9.17) is 4.74 Å². The van der Waals surface area contributed by atoms with Gasteiger partial charge in [-0.1, -0.05) is 67.8 Å². The molecule has 0 atom stereocenters. The van der Waals surface area contributed by atoms with Gasteiger partial charge in [-0.15, -0.1) is 0 Å². The highest BCUT2D eigenvalue weighted by Crippen LogP contribution is 2.23. The molecule has 0 unspecified atom stereocenters. The number of carbonyl (C=O) groups excluding carboxylic acids is 1. The zero-order valence-electron chi connectivity index (χ0n) is 14.4. The van der Waals surface area contributed by atoms with E-state index in [2.05, 4.69) is 5.32 Å². The highest BCUT2D eigenvalue weighted by molar-refractivity contribution is 5.96.